The van der Waals surface area contributed by atoms with Crippen LogP contribution in [0.1, 0.15) is 77.6 Å². The van der Waals surface area contributed by atoms with Crippen LogP contribution in [0.25, 0.3) is 0 Å². The Morgan fingerprint density at radius 1 is 0.429 bits per heavy atom. The summed E-state index contributed by atoms with van der Waals surface area (Å²) in [6.45, 7) is 20.6. The number of rotatable bonds is 10. The molecule has 0 saturated carbocycles. The van der Waals surface area contributed by atoms with Gasteiger partial charge in [0.25, 0.3) is 0 Å². The van der Waals surface area contributed by atoms with Gasteiger partial charge in [0.15, 0.2) is 0 Å². The highest BCUT2D eigenvalue weighted by molar-refractivity contribution is 7.09. The summed E-state index contributed by atoms with van der Waals surface area (Å²) < 4.78 is 0. The van der Waals surface area contributed by atoms with Gasteiger partial charge in [-0.3, -0.25) is 0 Å². The van der Waals surface area contributed by atoms with Crippen molar-refractivity contribution in [2.45, 2.75) is 127 Å². The van der Waals surface area contributed by atoms with Gasteiger partial charge in [0.1, 0.15) is 0 Å². The maximum absolute atomic E-state index is 3.05. The Hall–Kier alpha value is -1.47. The van der Waals surface area contributed by atoms with Crippen molar-refractivity contribution in [1.82, 2.24) is 0 Å². The summed E-state index contributed by atoms with van der Waals surface area (Å²) >= 11 is 0. The van der Waals surface area contributed by atoms with Crippen LogP contribution in [0.5, 0.6) is 0 Å². The van der Waals surface area contributed by atoms with Gasteiger partial charge in [0, 0.05) is 0 Å². The number of hydrogen-bond donors (Lipinski definition) is 0. The fourth-order valence-corrected chi connectivity index (χ4v) is 36.6. The first-order valence-electron chi connectivity index (χ1n) is 17.6. The first kappa shape index (κ1) is 31.9. The van der Waals surface area contributed by atoms with Crippen LogP contribution >= 0.6 is 0 Å². The largest absolute Gasteiger partial charge is 0.0931 e. The van der Waals surface area contributed by atoms with Crippen LogP contribution < -0.4 is 20.7 Å². The topological polar surface area (TPSA) is 0 Å². The third-order valence-electron chi connectivity index (χ3n) is 13.5. The number of benzene rings is 3. The molecule has 0 nitrogen and oxygen atoms in total. The summed E-state index contributed by atoms with van der Waals surface area (Å²) in [5.74, 6) is 0. The maximum Gasteiger partial charge on any atom is 0.0931 e. The Balaban J connectivity index is 1.90. The summed E-state index contributed by atoms with van der Waals surface area (Å²) in [5, 5.41) is 7.87. The normalized spacial score (nSPS) is 23.1. The molecular formula is C38H58Si4. The third-order valence-corrected chi connectivity index (χ3v) is 37.5. The lowest BCUT2D eigenvalue weighted by molar-refractivity contribution is 0.930. The van der Waals surface area contributed by atoms with Crippen LogP contribution in [0.2, 0.25) is 60.4 Å². The molecule has 4 heteroatoms. The van der Waals surface area contributed by atoms with Crippen LogP contribution in [0.15, 0.2) is 72.8 Å². The van der Waals surface area contributed by atoms with Gasteiger partial charge in [-0.05, 0) is 34.3 Å². The van der Waals surface area contributed by atoms with Crippen LogP contribution in [-0.4, -0.2) is 32.3 Å². The molecule has 2 heterocycles. The lowest BCUT2D eigenvalue weighted by Gasteiger charge is -2.55. The summed E-state index contributed by atoms with van der Waals surface area (Å²) in [6.07, 6.45) is 0. The molecule has 5 rings (SSSR count). The van der Waals surface area contributed by atoms with Gasteiger partial charge in [0.05, 0.1) is 32.3 Å². The Bertz CT molecular complexity index is 1230. The van der Waals surface area contributed by atoms with Gasteiger partial charge in [-0.25, -0.2) is 0 Å². The molecule has 0 radical (unpaired) electrons. The fraction of sp³-hybridized carbons (Fsp3) is 0.526. The molecule has 2 atom stereocenters. The Kier molecular flexibility index (Phi) is 9.50. The molecule has 2 unspecified atom stereocenters. The quantitative estimate of drug-likeness (QED) is 0.197. The molecule has 2 aliphatic heterocycles. The maximum atomic E-state index is 3.05. The van der Waals surface area contributed by atoms with Crippen molar-refractivity contribution in [1.29, 1.82) is 0 Å². The highest BCUT2D eigenvalue weighted by atomic mass is 28.3. The van der Waals surface area contributed by atoms with Gasteiger partial charge < -0.3 is 0 Å². The molecule has 0 spiro atoms. The van der Waals surface area contributed by atoms with E-state index in [2.05, 4.69) is 128 Å². The molecule has 0 bridgehead atoms. The molecule has 226 valence electrons. The lowest BCUT2D eigenvalue weighted by atomic mass is 10.2. The second-order valence-electron chi connectivity index (χ2n) is 14.0. The third kappa shape index (κ3) is 4.61. The van der Waals surface area contributed by atoms with Crippen LogP contribution in [0.3, 0.4) is 0 Å². The van der Waals surface area contributed by atoms with Crippen molar-refractivity contribution in [3.05, 3.63) is 83.9 Å². The van der Waals surface area contributed by atoms with E-state index in [1.807, 2.05) is 20.7 Å². The van der Waals surface area contributed by atoms with Gasteiger partial charge in [0.2, 0.25) is 0 Å². The van der Waals surface area contributed by atoms with E-state index in [9.17, 15) is 0 Å². The second-order valence-corrected chi connectivity index (χ2v) is 33.7. The molecular weight excluding hydrogens is 569 g/mol. The molecule has 2 aliphatic rings. The fourth-order valence-electron chi connectivity index (χ4n) is 10.4. The molecule has 0 aliphatic carbocycles. The monoisotopic (exact) mass is 626 g/mol. The average molecular weight is 627 g/mol. The van der Waals surface area contributed by atoms with Crippen molar-refractivity contribution in [3.8, 4) is 0 Å². The van der Waals surface area contributed by atoms with Crippen molar-refractivity contribution in [2.75, 3.05) is 0 Å². The summed E-state index contributed by atoms with van der Waals surface area (Å²) in [5.41, 5.74) is 4.88. The predicted octanol–water partition coefficient (Wildman–Crippen LogP) is 9.14. The van der Waals surface area contributed by atoms with Crippen LogP contribution in [0.4, 0.5) is 0 Å². The number of fused-ring (bicyclic) bond motifs is 2. The molecule has 0 N–H and O–H groups in total. The first-order chi connectivity index (χ1) is 20.3. The Morgan fingerprint density at radius 2 is 0.738 bits per heavy atom. The Morgan fingerprint density at radius 3 is 1.02 bits per heavy atom. The molecule has 3 aromatic rings. The van der Waals surface area contributed by atoms with Crippen molar-refractivity contribution in [2.24, 2.45) is 0 Å². The molecule has 0 amide bonds. The highest BCUT2D eigenvalue weighted by Gasteiger charge is 2.57. The van der Waals surface area contributed by atoms with E-state index in [0.29, 0.717) is 0 Å². The van der Waals surface area contributed by atoms with Gasteiger partial charge in [-0.15, -0.1) is 0 Å². The molecule has 3 aromatic carbocycles. The van der Waals surface area contributed by atoms with E-state index in [0.717, 1.165) is 11.1 Å². The van der Waals surface area contributed by atoms with E-state index >= 15 is 0 Å². The zero-order valence-corrected chi connectivity index (χ0v) is 32.2. The van der Waals surface area contributed by atoms with Crippen LogP contribution in [0, 0.1) is 0 Å². The molecule has 0 saturated heterocycles. The van der Waals surface area contributed by atoms with Crippen molar-refractivity contribution >= 4 is 53.0 Å². The van der Waals surface area contributed by atoms with Gasteiger partial charge in [-0.1, -0.05) is 197 Å². The minimum absolute atomic E-state index is 0.776. The lowest BCUT2D eigenvalue weighted by Crippen LogP contribution is -2.77. The second kappa shape index (κ2) is 12.5. The van der Waals surface area contributed by atoms with Gasteiger partial charge in [-0.2, -0.15) is 0 Å². The van der Waals surface area contributed by atoms with Crippen LogP contribution in [-0.2, 0) is 0 Å². The first-order valence-corrected chi connectivity index (χ1v) is 27.9. The van der Waals surface area contributed by atoms with Crippen molar-refractivity contribution < 1.29 is 0 Å². The van der Waals surface area contributed by atoms with E-state index in [1.54, 1.807) is 11.1 Å². The summed E-state index contributed by atoms with van der Waals surface area (Å²) in [6, 6.07) is 44.0. The van der Waals surface area contributed by atoms with E-state index in [1.165, 1.54) is 60.4 Å². The summed E-state index contributed by atoms with van der Waals surface area (Å²) in [4.78, 5) is 0. The van der Waals surface area contributed by atoms with Crippen molar-refractivity contribution in [3.63, 3.8) is 0 Å². The van der Waals surface area contributed by atoms with E-state index in [4.69, 9.17) is 0 Å². The highest BCUT2D eigenvalue weighted by Crippen LogP contribution is 2.47. The molecule has 0 aromatic heterocycles. The minimum Gasteiger partial charge on any atom is -0.0675 e. The zero-order valence-electron chi connectivity index (χ0n) is 28.2. The molecule has 0 fully saturated rings. The predicted molar refractivity (Wildman–Crippen MR) is 200 cm³/mol. The van der Waals surface area contributed by atoms with Gasteiger partial charge >= 0.3 is 0 Å². The number of hydrogen-bond acceptors (Lipinski definition) is 0. The average Bonchev–Trinajstić information content (AvgIpc) is 3.07. The standard InChI is InChI=1S/C38H58Si4/c1-9-39(10-2)29-37(31-23-19-17-20-24-31)41(13-5,14-6)35-28-36-34(27-33(35)39)40(11-3,12-4)30-38(42(36,15-7)16-8)32-25-21-18-22-26-32/h17-28,37-38H,9-16,29-30H2,1-8H3. The minimum atomic E-state index is -1.79. The zero-order chi connectivity index (χ0) is 30.2. The molecule has 42 heavy (non-hydrogen) atoms. The SMILES string of the molecule is CC[Si]1(CC)CC(c2ccccc2)[Si](CC)(CC)c2cc3c(cc21)[Si](CC)(CC)CC(c1ccccc1)[Si]3(CC)CC. The van der Waals surface area contributed by atoms with E-state index in [-0.39, 0.29) is 0 Å². The van der Waals surface area contributed by atoms with E-state index < -0.39 is 32.3 Å². The summed E-state index contributed by atoms with van der Waals surface area (Å²) in [7, 11) is -6.85. The Labute approximate surface area is 262 Å². The smallest absolute Gasteiger partial charge is 0.0675 e.